The van der Waals surface area contributed by atoms with Crippen molar-refractivity contribution in [3.05, 3.63) is 47.5 Å². The quantitative estimate of drug-likeness (QED) is 0.577. The number of benzene rings is 1. The van der Waals surface area contributed by atoms with E-state index in [1.807, 2.05) is 13.8 Å². The summed E-state index contributed by atoms with van der Waals surface area (Å²) in [7, 11) is 0. The van der Waals surface area contributed by atoms with Crippen molar-refractivity contribution in [3.63, 3.8) is 0 Å². The smallest absolute Gasteiger partial charge is 0.145 e. The van der Waals surface area contributed by atoms with Gasteiger partial charge in [0, 0.05) is 18.1 Å². The molecular weight excluding hydrogens is 257 g/mol. The number of nitrogens with zero attached hydrogens (tertiary/aromatic N) is 2. The maximum atomic E-state index is 13.7. The van der Waals surface area contributed by atoms with Gasteiger partial charge in [-0.1, -0.05) is 25.1 Å². The van der Waals surface area contributed by atoms with Gasteiger partial charge in [-0.05, 0) is 13.0 Å². The molecule has 6 heteroatoms. The molecule has 0 bridgehead atoms. The van der Waals surface area contributed by atoms with E-state index < -0.39 is 0 Å². The van der Waals surface area contributed by atoms with Crippen LogP contribution in [-0.4, -0.2) is 9.97 Å². The Morgan fingerprint density at radius 3 is 2.60 bits per heavy atom. The zero-order chi connectivity index (χ0) is 14.5. The van der Waals surface area contributed by atoms with Crippen LogP contribution in [0.1, 0.15) is 31.3 Å². The summed E-state index contributed by atoms with van der Waals surface area (Å²) in [5.74, 6) is 6.95. The van der Waals surface area contributed by atoms with Gasteiger partial charge >= 0.3 is 0 Å². The van der Waals surface area contributed by atoms with Gasteiger partial charge in [-0.2, -0.15) is 0 Å². The number of halogens is 1. The lowest BCUT2D eigenvalue weighted by Crippen LogP contribution is -2.14. The third kappa shape index (κ3) is 3.21. The molecule has 1 heterocycles. The standard InChI is InChI=1S/C14H18FN5/c1-3-12-18-13(8-14(19-12)20-16)17-9(2)10-6-4-5-7-11(10)15/h4-9H,3,16H2,1-2H3,(H2,17,18,19,20). The molecule has 0 saturated heterocycles. The first kappa shape index (κ1) is 14.2. The predicted octanol–water partition coefficient (Wildman–Crippen LogP) is 2.64. The van der Waals surface area contributed by atoms with Crippen molar-refractivity contribution in [2.75, 3.05) is 10.7 Å². The molecule has 0 radical (unpaired) electrons. The van der Waals surface area contributed by atoms with Gasteiger partial charge in [-0.25, -0.2) is 20.2 Å². The van der Waals surface area contributed by atoms with E-state index in [4.69, 9.17) is 5.84 Å². The molecule has 0 aliphatic carbocycles. The molecule has 4 N–H and O–H groups in total. The largest absolute Gasteiger partial charge is 0.363 e. The van der Waals surface area contributed by atoms with Gasteiger partial charge in [0.25, 0.3) is 0 Å². The van der Waals surface area contributed by atoms with Crippen molar-refractivity contribution in [1.29, 1.82) is 0 Å². The molecule has 0 aliphatic rings. The fourth-order valence-electron chi connectivity index (χ4n) is 1.93. The molecule has 5 nitrogen and oxygen atoms in total. The van der Waals surface area contributed by atoms with Gasteiger partial charge in [0.2, 0.25) is 0 Å². The average molecular weight is 275 g/mol. The molecule has 20 heavy (non-hydrogen) atoms. The van der Waals surface area contributed by atoms with Crippen LogP contribution >= 0.6 is 0 Å². The van der Waals surface area contributed by atoms with Gasteiger partial charge in [0.05, 0.1) is 6.04 Å². The minimum Gasteiger partial charge on any atom is -0.363 e. The molecular formula is C14H18FN5. The summed E-state index contributed by atoms with van der Waals surface area (Å²) in [6.45, 7) is 3.83. The fraction of sp³-hybridized carbons (Fsp3) is 0.286. The lowest BCUT2D eigenvalue weighted by atomic mass is 10.1. The number of hydrogen-bond donors (Lipinski definition) is 3. The van der Waals surface area contributed by atoms with E-state index in [1.165, 1.54) is 6.07 Å². The number of hydrazine groups is 1. The first-order chi connectivity index (χ1) is 9.63. The van der Waals surface area contributed by atoms with Gasteiger partial charge in [-0.3, -0.25) is 0 Å². The molecule has 0 saturated carbocycles. The highest BCUT2D eigenvalue weighted by molar-refractivity contribution is 5.48. The number of rotatable bonds is 5. The SMILES string of the molecule is CCc1nc(NN)cc(NC(C)c2ccccc2F)n1. The summed E-state index contributed by atoms with van der Waals surface area (Å²) in [6, 6.07) is 8.15. The van der Waals surface area contributed by atoms with Gasteiger partial charge in [0.1, 0.15) is 23.3 Å². The van der Waals surface area contributed by atoms with Gasteiger partial charge in [-0.15, -0.1) is 0 Å². The van der Waals surface area contributed by atoms with E-state index in [2.05, 4.69) is 20.7 Å². The Morgan fingerprint density at radius 1 is 1.25 bits per heavy atom. The van der Waals surface area contributed by atoms with Crippen molar-refractivity contribution in [3.8, 4) is 0 Å². The van der Waals surface area contributed by atoms with E-state index >= 15 is 0 Å². The molecule has 1 unspecified atom stereocenters. The highest BCUT2D eigenvalue weighted by Crippen LogP contribution is 2.21. The van der Waals surface area contributed by atoms with Crippen LogP contribution in [0.2, 0.25) is 0 Å². The molecule has 1 aromatic carbocycles. The van der Waals surface area contributed by atoms with E-state index in [0.717, 1.165) is 0 Å². The van der Waals surface area contributed by atoms with Crippen molar-refractivity contribution >= 4 is 11.6 Å². The highest BCUT2D eigenvalue weighted by atomic mass is 19.1. The number of aromatic nitrogens is 2. The Bertz CT molecular complexity index is 565. The molecule has 106 valence electrons. The van der Waals surface area contributed by atoms with Crippen LogP contribution in [0.15, 0.2) is 30.3 Å². The third-order valence-electron chi connectivity index (χ3n) is 2.97. The monoisotopic (exact) mass is 275 g/mol. The Hall–Kier alpha value is -2.21. The Balaban J connectivity index is 2.23. The Kier molecular flexibility index (Phi) is 4.47. The molecule has 2 aromatic rings. The molecule has 0 amide bonds. The van der Waals surface area contributed by atoms with Crippen LogP contribution in [0.3, 0.4) is 0 Å². The summed E-state index contributed by atoms with van der Waals surface area (Å²) < 4.78 is 13.7. The second kappa shape index (κ2) is 6.29. The lowest BCUT2D eigenvalue weighted by Gasteiger charge is -2.16. The van der Waals surface area contributed by atoms with Crippen LogP contribution in [0, 0.1) is 5.82 Å². The number of anilines is 2. The average Bonchev–Trinajstić information content (AvgIpc) is 2.47. The second-order valence-corrected chi connectivity index (χ2v) is 4.44. The van der Waals surface area contributed by atoms with Crippen LogP contribution in [0.4, 0.5) is 16.0 Å². The second-order valence-electron chi connectivity index (χ2n) is 4.44. The molecule has 1 aromatic heterocycles. The number of hydrogen-bond acceptors (Lipinski definition) is 5. The molecule has 1 atom stereocenters. The van der Waals surface area contributed by atoms with Crippen LogP contribution < -0.4 is 16.6 Å². The van der Waals surface area contributed by atoms with Crippen molar-refractivity contribution in [2.45, 2.75) is 26.3 Å². The zero-order valence-electron chi connectivity index (χ0n) is 11.5. The summed E-state index contributed by atoms with van der Waals surface area (Å²) >= 11 is 0. The number of aryl methyl sites for hydroxylation is 1. The molecule has 0 spiro atoms. The summed E-state index contributed by atoms with van der Waals surface area (Å²) in [6.07, 6.45) is 0.693. The minimum absolute atomic E-state index is 0.207. The summed E-state index contributed by atoms with van der Waals surface area (Å²) in [5, 5.41) is 3.16. The summed E-state index contributed by atoms with van der Waals surface area (Å²) in [4.78, 5) is 8.56. The normalized spacial score (nSPS) is 12.0. The number of nitrogen functional groups attached to an aromatic ring is 1. The fourth-order valence-corrected chi connectivity index (χ4v) is 1.93. The lowest BCUT2D eigenvalue weighted by molar-refractivity contribution is 0.600. The Morgan fingerprint density at radius 2 is 1.95 bits per heavy atom. The van der Waals surface area contributed by atoms with Gasteiger partial charge < -0.3 is 10.7 Å². The maximum Gasteiger partial charge on any atom is 0.145 e. The van der Waals surface area contributed by atoms with Crippen LogP contribution in [-0.2, 0) is 6.42 Å². The minimum atomic E-state index is -0.241. The van der Waals surface area contributed by atoms with E-state index in [1.54, 1.807) is 24.3 Å². The van der Waals surface area contributed by atoms with E-state index in [0.29, 0.717) is 29.4 Å². The van der Waals surface area contributed by atoms with Crippen molar-refractivity contribution < 1.29 is 4.39 Å². The van der Waals surface area contributed by atoms with E-state index in [-0.39, 0.29) is 11.9 Å². The number of nitrogens with two attached hydrogens (primary N) is 1. The Labute approximate surface area is 117 Å². The molecule has 0 fully saturated rings. The first-order valence-electron chi connectivity index (χ1n) is 6.49. The molecule has 2 rings (SSSR count). The van der Waals surface area contributed by atoms with Crippen molar-refractivity contribution in [2.24, 2.45) is 5.84 Å². The third-order valence-corrected chi connectivity index (χ3v) is 2.97. The zero-order valence-corrected chi connectivity index (χ0v) is 11.5. The predicted molar refractivity (Wildman–Crippen MR) is 77.7 cm³/mol. The summed E-state index contributed by atoms with van der Waals surface area (Å²) in [5.41, 5.74) is 3.09. The highest BCUT2D eigenvalue weighted by Gasteiger charge is 2.11. The van der Waals surface area contributed by atoms with Crippen molar-refractivity contribution in [1.82, 2.24) is 9.97 Å². The van der Waals surface area contributed by atoms with Gasteiger partial charge in [0.15, 0.2) is 0 Å². The van der Waals surface area contributed by atoms with Crippen LogP contribution in [0.25, 0.3) is 0 Å². The van der Waals surface area contributed by atoms with Crippen LogP contribution in [0.5, 0.6) is 0 Å². The van der Waals surface area contributed by atoms with E-state index in [9.17, 15) is 4.39 Å². The molecule has 0 aliphatic heterocycles. The topological polar surface area (TPSA) is 75.9 Å². The number of nitrogens with one attached hydrogen (secondary N) is 2. The first-order valence-corrected chi connectivity index (χ1v) is 6.49. The maximum absolute atomic E-state index is 13.7.